The molecule has 0 saturated carbocycles. The molecule has 0 radical (unpaired) electrons. The van der Waals surface area contributed by atoms with Gasteiger partial charge >= 0.3 is 0 Å². The molecule has 0 amide bonds. The Morgan fingerprint density at radius 3 is 2.82 bits per heavy atom. The van der Waals surface area contributed by atoms with E-state index in [0.29, 0.717) is 0 Å². The quantitative estimate of drug-likeness (QED) is 0.771. The molecule has 0 aromatic carbocycles. The van der Waals surface area contributed by atoms with E-state index in [9.17, 15) is 0 Å². The third-order valence-electron chi connectivity index (χ3n) is 3.29. The Balaban J connectivity index is 1.80. The van der Waals surface area contributed by atoms with Gasteiger partial charge in [0.25, 0.3) is 0 Å². The van der Waals surface area contributed by atoms with Crippen molar-refractivity contribution in [3.63, 3.8) is 0 Å². The lowest BCUT2D eigenvalue weighted by atomic mass is 10.2. The van der Waals surface area contributed by atoms with Crippen LogP contribution in [0.1, 0.15) is 22.8 Å². The standard InChI is InChI=1S/C13H20N4/c1-10-8-12(11(2)17(10)3)9-14-5-4-13-15-6-7-16-13/h6-8,14H,4-5,9H2,1-3H3,(H,15,16). The van der Waals surface area contributed by atoms with Gasteiger partial charge in [0.05, 0.1) is 0 Å². The van der Waals surface area contributed by atoms with E-state index < -0.39 is 0 Å². The topological polar surface area (TPSA) is 45.6 Å². The first kappa shape index (κ1) is 11.9. The van der Waals surface area contributed by atoms with Gasteiger partial charge in [-0.3, -0.25) is 0 Å². The molecular formula is C13H20N4. The van der Waals surface area contributed by atoms with Crippen LogP contribution in [0.2, 0.25) is 0 Å². The van der Waals surface area contributed by atoms with Crippen LogP contribution in [0.5, 0.6) is 0 Å². The highest BCUT2D eigenvalue weighted by atomic mass is 15.0. The van der Waals surface area contributed by atoms with Crippen LogP contribution in [0.3, 0.4) is 0 Å². The summed E-state index contributed by atoms with van der Waals surface area (Å²) in [6.07, 6.45) is 4.60. The van der Waals surface area contributed by atoms with Gasteiger partial charge in [-0.05, 0) is 25.5 Å². The van der Waals surface area contributed by atoms with Crippen molar-refractivity contribution >= 4 is 0 Å². The molecule has 2 rings (SSSR count). The van der Waals surface area contributed by atoms with E-state index in [1.165, 1.54) is 17.0 Å². The van der Waals surface area contributed by atoms with E-state index in [1.807, 2.05) is 6.20 Å². The molecule has 0 bridgehead atoms. The number of aromatic amines is 1. The molecule has 92 valence electrons. The summed E-state index contributed by atoms with van der Waals surface area (Å²) in [5.41, 5.74) is 4.03. The smallest absolute Gasteiger partial charge is 0.107 e. The minimum Gasteiger partial charge on any atom is -0.352 e. The van der Waals surface area contributed by atoms with Crippen LogP contribution in [0, 0.1) is 13.8 Å². The Hall–Kier alpha value is -1.55. The van der Waals surface area contributed by atoms with E-state index in [2.05, 4.69) is 46.8 Å². The molecule has 0 aliphatic rings. The summed E-state index contributed by atoms with van der Waals surface area (Å²) < 4.78 is 2.23. The number of nitrogens with zero attached hydrogens (tertiary/aromatic N) is 2. The fourth-order valence-electron chi connectivity index (χ4n) is 1.98. The van der Waals surface area contributed by atoms with Crippen molar-refractivity contribution in [1.82, 2.24) is 19.9 Å². The Bertz CT molecular complexity index is 468. The average molecular weight is 232 g/mol. The molecule has 0 aliphatic carbocycles. The Morgan fingerprint density at radius 1 is 1.41 bits per heavy atom. The Morgan fingerprint density at radius 2 is 2.24 bits per heavy atom. The predicted octanol–water partition coefficient (Wildman–Crippen LogP) is 1.70. The lowest BCUT2D eigenvalue weighted by molar-refractivity contribution is 0.669. The number of aryl methyl sites for hydroxylation is 1. The molecule has 0 aliphatic heterocycles. The van der Waals surface area contributed by atoms with Crippen molar-refractivity contribution < 1.29 is 0 Å². The first-order chi connectivity index (χ1) is 8.18. The van der Waals surface area contributed by atoms with Crippen molar-refractivity contribution in [3.05, 3.63) is 41.2 Å². The van der Waals surface area contributed by atoms with Gasteiger partial charge in [0.1, 0.15) is 5.82 Å². The number of H-pyrrole nitrogens is 1. The van der Waals surface area contributed by atoms with E-state index in [-0.39, 0.29) is 0 Å². The van der Waals surface area contributed by atoms with E-state index in [0.717, 1.165) is 25.3 Å². The third kappa shape index (κ3) is 2.77. The Kier molecular flexibility index (Phi) is 3.64. The fraction of sp³-hybridized carbons (Fsp3) is 0.462. The van der Waals surface area contributed by atoms with Gasteiger partial charge in [-0.2, -0.15) is 0 Å². The normalized spacial score (nSPS) is 11.0. The van der Waals surface area contributed by atoms with Crippen LogP contribution in [-0.2, 0) is 20.0 Å². The minimum absolute atomic E-state index is 0.925. The van der Waals surface area contributed by atoms with Gasteiger partial charge in [-0.15, -0.1) is 0 Å². The molecule has 2 aromatic rings. The first-order valence-electron chi connectivity index (χ1n) is 5.99. The molecule has 17 heavy (non-hydrogen) atoms. The maximum absolute atomic E-state index is 4.20. The van der Waals surface area contributed by atoms with Crippen LogP contribution < -0.4 is 5.32 Å². The summed E-state index contributed by atoms with van der Waals surface area (Å²) in [4.78, 5) is 7.30. The van der Waals surface area contributed by atoms with E-state index in [4.69, 9.17) is 0 Å². The number of hydrogen-bond donors (Lipinski definition) is 2. The fourth-order valence-corrected chi connectivity index (χ4v) is 1.98. The molecule has 0 saturated heterocycles. The van der Waals surface area contributed by atoms with Gasteiger partial charge in [0.2, 0.25) is 0 Å². The molecule has 0 spiro atoms. The highest BCUT2D eigenvalue weighted by Crippen LogP contribution is 2.12. The van der Waals surface area contributed by atoms with Crippen molar-refractivity contribution in [2.75, 3.05) is 6.54 Å². The second kappa shape index (κ2) is 5.19. The largest absolute Gasteiger partial charge is 0.352 e. The zero-order valence-electron chi connectivity index (χ0n) is 10.7. The lowest BCUT2D eigenvalue weighted by Crippen LogP contribution is -2.17. The zero-order valence-corrected chi connectivity index (χ0v) is 10.7. The molecule has 0 fully saturated rings. The summed E-state index contributed by atoms with van der Waals surface area (Å²) >= 11 is 0. The van der Waals surface area contributed by atoms with Crippen LogP contribution in [-0.4, -0.2) is 21.1 Å². The highest BCUT2D eigenvalue weighted by molar-refractivity contribution is 5.26. The SMILES string of the molecule is Cc1cc(CNCCc2ncc[nH]2)c(C)n1C. The van der Waals surface area contributed by atoms with Crippen molar-refractivity contribution in [1.29, 1.82) is 0 Å². The van der Waals surface area contributed by atoms with Gasteiger partial charge in [0.15, 0.2) is 0 Å². The van der Waals surface area contributed by atoms with Crippen molar-refractivity contribution in [2.45, 2.75) is 26.8 Å². The summed E-state index contributed by atoms with van der Waals surface area (Å²) in [6.45, 7) is 6.17. The average Bonchev–Trinajstić information content (AvgIpc) is 2.90. The summed E-state index contributed by atoms with van der Waals surface area (Å²) in [5, 5.41) is 3.45. The molecule has 4 heteroatoms. The Labute approximate surface area is 102 Å². The minimum atomic E-state index is 0.925. The van der Waals surface area contributed by atoms with Crippen LogP contribution in [0.4, 0.5) is 0 Å². The molecule has 2 N–H and O–H groups in total. The number of hydrogen-bond acceptors (Lipinski definition) is 2. The summed E-state index contributed by atoms with van der Waals surface area (Å²) in [5.74, 6) is 1.04. The van der Waals surface area contributed by atoms with Gasteiger partial charge in [0, 0.05) is 50.3 Å². The number of nitrogens with one attached hydrogen (secondary N) is 2. The molecule has 2 aromatic heterocycles. The van der Waals surface area contributed by atoms with Crippen LogP contribution in [0.15, 0.2) is 18.5 Å². The van der Waals surface area contributed by atoms with Crippen LogP contribution >= 0.6 is 0 Å². The summed E-state index contributed by atoms with van der Waals surface area (Å²) in [7, 11) is 2.11. The van der Waals surface area contributed by atoms with E-state index >= 15 is 0 Å². The molecule has 4 nitrogen and oxygen atoms in total. The number of rotatable bonds is 5. The molecule has 0 unspecified atom stereocenters. The van der Waals surface area contributed by atoms with Gasteiger partial charge < -0.3 is 14.9 Å². The maximum atomic E-state index is 4.20. The second-order valence-electron chi connectivity index (χ2n) is 4.42. The first-order valence-corrected chi connectivity index (χ1v) is 5.99. The molecular weight excluding hydrogens is 212 g/mol. The third-order valence-corrected chi connectivity index (χ3v) is 3.29. The van der Waals surface area contributed by atoms with Crippen molar-refractivity contribution in [2.24, 2.45) is 7.05 Å². The molecule has 2 heterocycles. The van der Waals surface area contributed by atoms with Crippen molar-refractivity contribution in [3.8, 4) is 0 Å². The maximum Gasteiger partial charge on any atom is 0.107 e. The summed E-state index contributed by atoms with van der Waals surface area (Å²) in [6, 6.07) is 2.25. The monoisotopic (exact) mass is 232 g/mol. The predicted molar refractivity (Wildman–Crippen MR) is 68.9 cm³/mol. The van der Waals surface area contributed by atoms with Crippen LogP contribution in [0.25, 0.3) is 0 Å². The number of aromatic nitrogens is 3. The van der Waals surface area contributed by atoms with Gasteiger partial charge in [-0.25, -0.2) is 4.98 Å². The van der Waals surface area contributed by atoms with E-state index in [1.54, 1.807) is 6.20 Å². The lowest BCUT2D eigenvalue weighted by Gasteiger charge is -2.04. The van der Waals surface area contributed by atoms with Gasteiger partial charge in [-0.1, -0.05) is 0 Å². The second-order valence-corrected chi connectivity index (χ2v) is 4.42. The zero-order chi connectivity index (χ0) is 12.3. The molecule has 0 atom stereocenters. The number of imidazole rings is 1. The highest BCUT2D eigenvalue weighted by Gasteiger charge is 2.05.